The summed E-state index contributed by atoms with van der Waals surface area (Å²) >= 11 is 11.0. The summed E-state index contributed by atoms with van der Waals surface area (Å²) in [6.45, 7) is 0. The maximum Gasteiger partial charge on any atom is 0.0576 e. The summed E-state index contributed by atoms with van der Waals surface area (Å²) in [5, 5.41) is 4.80. The van der Waals surface area contributed by atoms with Gasteiger partial charge in [0.15, 0.2) is 0 Å². The molecule has 4 heteroatoms. The summed E-state index contributed by atoms with van der Waals surface area (Å²) in [5.41, 5.74) is 7.84. The molecule has 0 unspecified atom stereocenters. The number of alkyl halides is 1. The minimum absolute atomic E-state index is 0.700. The Balaban J connectivity index is 2.82. The van der Waals surface area contributed by atoms with E-state index in [1.165, 1.54) is 5.56 Å². The van der Waals surface area contributed by atoms with Gasteiger partial charge in [0.05, 0.1) is 10.4 Å². The highest BCUT2D eigenvalue weighted by molar-refractivity contribution is 9.08. The third kappa shape index (κ3) is 1.56. The first-order valence-electron chi connectivity index (χ1n) is 3.73. The number of benzene rings is 1. The van der Waals surface area contributed by atoms with E-state index < -0.39 is 0 Å². The number of hydrogen-bond donors (Lipinski definition) is 1. The van der Waals surface area contributed by atoms with Gasteiger partial charge >= 0.3 is 0 Å². The molecule has 1 aromatic carbocycles. The van der Waals surface area contributed by atoms with Gasteiger partial charge in [-0.1, -0.05) is 27.5 Å². The van der Waals surface area contributed by atoms with Gasteiger partial charge in [-0.25, -0.2) is 0 Å². The van der Waals surface area contributed by atoms with Gasteiger partial charge < -0.3 is 5.73 Å². The number of rotatable bonds is 1. The third-order valence-electron chi connectivity index (χ3n) is 1.89. The van der Waals surface area contributed by atoms with Crippen LogP contribution in [0.2, 0.25) is 5.02 Å². The van der Waals surface area contributed by atoms with Crippen molar-refractivity contribution in [2.75, 3.05) is 5.73 Å². The summed E-state index contributed by atoms with van der Waals surface area (Å²) in [6.07, 6.45) is 0. The number of anilines is 1. The average molecular weight is 277 g/mol. The molecule has 13 heavy (non-hydrogen) atoms. The molecule has 0 saturated heterocycles. The van der Waals surface area contributed by atoms with E-state index in [2.05, 4.69) is 21.3 Å². The monoisotopic (exact) mass is 275 g/mol. The van der Waals surface area contributed by atoms with Crippen LogP contribution in [0.4, 0.5) is 5.69 Å². The Morgan fingerprint density at radius 2 is 2.23 bits per heavy atom. The molecular formula is C9H7BrClNS. The first-order chi connectivity index (χ1) is 6.22. The van der Waals surface area contributed by atoms with Crippen LogP contribution in [-0.4, -0.2) is 0 Å². The van der Waals surface area contributed by atoms with Crippen LogP contribution >= 0.6 is 38.9 Å². The van der Waals surface area contributed by atoms with E-state index in [9.17, 15) is 0 Å². The van der Waals surface area contributed by atoms with Crippen molar-refractivity contribution < 1.29 is 0 Å². The van der Waals surface area contributed by atoms with E-state index in [1.807, 2.05) is 6.07 Å². The first-order valence-corrected chi connectivity index (χ1v) is 6.11. The molecule has 2 rings (SSSR count). The van der Waals surface area contributed by atoms with Crippen LogP contribution in [0.25, 0.3) is 10.1 Å². The molecule has 0 bridgehead atoms. The van der Waals surface area contributed by atoms with Gasteiger partial charge in [-0.05, 0) is 23.1 Å². The lowest BCUT2D eigenvalue weighted by molar-refractivity contribution is 1.55. The van der Waals surface area contributed by atoms with Gasteiger partial charge in [0, 0.05) is 15.7 Å². The van der Waals surface area contributed by atoms with Crippen LogP contribution in [0.1, 0.15) is 5.56 Å². The highest BCUT2D eigenvalue weighted by Crippen LogP contribution is 2.34. The SMILES string of the molecule is Nc1cc(Cl)cc2c(CBr)csc12. The molecule has 0 spiro atoms. The summed E-state index contributed by atoms with van der Waals surface area (Å²) in [6, 6.07) is 3.75. The van der Waals surface area contributed by atoms with Crippen LogP contribution in [0.5, 0.6) is 0 Å². The van der Waals surface area contributed by atoms with Crippen molar-refractivity contribution in [2.45, 2.75) is 5.33 Å². The molecule has 0 fully saturated rings. The number of halogens is 2. The van der Waals surface area contributed by atoms with Crippen molar-refractivity contribution in [3.63, 3.8) is 0 Å². The van der Waals surface area contributed by atoms with Crippen LogP contribution < -0.4 is 5.73 Å². The second-order valence-corrected chi connectivity index (χ2v) is 4.64. The molecular weight excluding hydrogens is 270 g/mol. The topological polar surface area (TPSA) is 26.0 Å². The highest BCUT2D eigenvalue weighted by Gasteiger charge is 2.06. The van der Waals surface area contributed by atoms with Crippen molar-refractivity contribution >= 4 is 54.6 Å². The zero-order valence-corrected chi connectivity index (χ0v) is 9.84. The Labute approximate surface area is 93.6 Å². The lowest BCUT2D eigenvalue weighted by atomic mass is 10.2. The zero-order chi connectivity index (χ0) is 9.42. The van der Waals surface area contributed by atoms with E-state index in [0.717, 1.165) is 21.1 Å². The lowest BCUT2D eigenvalue weighted by Crippen LogP contribution is -1.84. The average Bonchev–Trinajstić information content (AvgIpc) is 2.47. The molecule has 0 aliphatic rings. The molecule has 0 amide bonds. The highest BCUT2D eigenvalue weighted by atomic mass is 79.9. The van der Waals surface area contributed by atoms with Crippen LogP contribution in [0.15, 0.2) is 17.5 Å². The lowest BCUT2D eigenvalue weighted by Gasteiger charge is -1.98. The Bertz CT molecular complexity index is 452. The molecule has 0 atom stereocenters. The number of nitrogens with two attached hydrogens (primary N) is 1. The molecule has 2 N–H and O–H groups in total. The van der Waals surface area contributed by atoms with E-state index in [4.69, 9.17) is 17.3 Å². The van der Waals surface area contributed by atoms with Crippen molar-refractivity contribution in [3.05, 3.63) is 28.1 Å². The molecule has 0 radical (unpaired) electrons. The molecule has 1 aromatic heterocycles. The maximum absolute atomic E-state index is 5.92. The zero-order valence-electron chi connectivity index (χ0n) is 6.68. The number of thiophene rings is 1. The Hall–Kier alpha value is -0.250. The fourth-order valence-electron chi connectivity index (χ4n) is 1.28. The summed E-state index contributed by atoms with van der Waals surface area (Å²) in [7, 11) is 0. The minimum atomic E-state index is 0.700. The predicted octanol–water partition coefficient (Wildman–Crippen LogP) is 4.03. The normalized spacial score (nSPS) is 10.9. The fourth-order valence-corrected chi connectivity index (χ4v) is 3.17. The van der Waals surface area contributed by atoms with Crippen LogP contribution in [0.3, 0.4) is 0 Å². The van der Waals surface area contributed by atoms with Crippen molar-refractivity contribution in [3.8, 4) is 0 Å². The summed E-state index contributed by atoms with van der Waals surface area (Å²) < 4.78 is 1.12. The number of nitrogen functional groups attached to an aromatic ring is 1. The second-order valence-electron chi connectivity index (χ2n) is 2.77. The Morgan fingerprint density at radius 1 is 1.46 bits per heavy atom. The molecule has 1 nitrogen and oxygen atoms in total. The Kier molecular flexibility index (Phi) is 2.49. The molecule has 2 aromatic rings. The van der Waals surface area contributed by atoms with E-state index in [-0.39, 0.29) is 0 Å². The molecule has 0 aliphatic heterocycles. The van der Waals surface area contributed by atoms with Gasteiger partial charge in [-0.2, -0.15) is 0 Å². The van der Waals surface area contributed by atoms with Gasteiger partial charge in [0.1, 0.15) is 0 Å². The standard InChI is InChI=1S/C9H7BrClNS/c10-3-5-4-13-9-7(5)1-6(11)2-8(9)12/h1-2,4H,3,12H2. The minimum Gasteiger partial charge on any atom is -0.398 e. The maximum atomic E-state index is 5.92. The second kappa shape index (κ2) is 3.48. The van der Waals surface area contributed by atoms with Crippen LogP contribution in [-0.2, 0) is 5.33 Å². The molecule has 0 saturated carbocycles. The van der Waals surface area contributed by atoms with Crippen molar-refractivity contribution in [2.24, 2.45) is 0 Å². The van der Waals surface area contributed by atoms with Crippen molar-refractivity contribution in [1.29, 1.82) is 0 Å². The van der Waals surface area contributed by atoms with Gasteiger partial charge in [0.25, 0.3) is 0 Å². The molecule has 0 aliphatic carbocycles. The van der Waals surface area contributed by atoms with Gasteiger partial charge in [0.2, 0.25) is 0 Å². The largest absolute Gasteiger partial charge is 0.398 e. The fraction of sp³-hybridized carbons (Fsp3) is 0.111. The third-order valence-corrected chi connectivity index (χ3v) is 3.81. The van der Waals surface area contributed by atoms with Gasteiger partial charge in [-0.3, -0.25) is 0 Å². The van der Waals surface area contributed by atoms with E-state index in [1.54, 1.807) is 17.4 Å². The van der Waals surface area contributed by atoms with Gasteiger partial charge in [-0.15, -0.1) is 11.3 Å². The molecule has 68 valence electrons. The number of fused-ring (bicyclic) bond motifs is 1. The molecule has 1 heterocycles. The van der Waals surface area contributed by atoms with E-state index in [0.29, 0.717) is 5.02 Å². The first kappa shape index (κ1) is 9.31. The van der Waals surface area contributed by atoms with Crippen molar-refractivity contribution in [1.82, 2.24) is 0 Å². The summed E-state index contributed by atoms with van der Waals surface area (Å²) in [5.74, 6) is 0. The Morgan fingerprint density at radius 3 is 2.92 bits per heavy atom. The summed E-state index contributed by atoms with van der Waals surface area (Å²) in [4.78, 5) is 0. The predicted molar refractivity (Wildman–Crippen MR) is 63.9 cm³/mol. The smallest absolute Gasteiger partial charge is 0.0576 e. The van der Waals surface area contributed by atoms with E-state index >= 15 is 0 Å². The quantitative estimate of drug-likeness (QED) is 0.617. The number of hydrogen-bond acceptors (Lipinski definition) is 2. The van der Waals surface area contributed by atoms with Crippen LogP contribution in [0, 0.1) is 0 Å².